The molecule has 0 aliphatic carbocycles. The molecule has 146 valence electrons. The Hall–Kier alpha value is -1.48. The number of morpholine rings is 1. The molecule has 10 heteroatoms. The van der Waals surface area contributed by atoms with Gasteiger partial charge in [0.2, 0.25) is 5.91 Å². The van der Waals surface area contributed by atoms with Gasteiger partial charge in [0.05, 0.1) is 30.3 Å². The molecule has 6 nitrogen and oxygen atoms in total. The Bertz CT molecular complexity index is 723. The zero-order valence-corrected chi connectivity index (χ0v) is 15.8. The van der Waals surface area contributed by atoms with Crippen LogP contribution < -0.4 is 10.6 Å². The molecule has 2 atom stereocenters. The van der Waals surface area contributed by atoms with Crippen molar-refractivity contribution in [3.63, 3.8) is 0 Å². The van der Waals surface area contributed by atoms with Crippen molar-refractivity contribution in [3.05, 3.63) is 30.1 Å². The molecule has 3 rings (SSSR count). The molecule has 1 aromatic heterocycles. The fourth-order valence-electron chi connectivity index (χ4n) is 2.91. The highest BCUT2D eigenvalue weighted by Crippen LogP contribution is 2.26. The number of aromatic nitrogens is 2. The van der Waals surface area contributed by atoms with E-state index in [1.54, 1.807) is 31.2 Å². The number of benzene rings is 1. The van der Waals surface area contributed by atoms with Crippen LogP contribution in [-0.2, 0) is 9.53 Å². The van der Waals surface area contributed by atoms with Crippen LogP contribution in [0.1, 0.15) is 31.8 Å². The maximum atomic E-state index is 13.4. The molecule has 26 heavy (non-hydrogen) atoms. The predicted molar refractivity (Wildman–Crippen MR) is 99.3 cm³/mol. The standard InChI is InChI=1S/C16H20F2N4O2.2ClH/c1-10(20-14(23)8-11-9-24-7-6-19-11)15-21-12-4-2-3-5-13(12)22(15)16(17)18;;/h2-5,10-11,16,19H,6-9H2,1H3,(H,20,23);2*1H. The molecule has 1 aromatic carbocycles. The van der Waals surface area contributed by atoms with E-state index in [2.05, 4.69) is 15.6 Å². The monoisotopic (exact) mass is 410 g/mol. The van der Waals surface area contributed by atoms with Crippen molar-refractivity contribution in [2.75, 3.05) is 19.8 Å². The number of ether oxygens (including phenoxy) is 1. The molecule has 0 bridgehead atoms. The first-order chi connectivity index (χ1) is 11.6. The van der Waals surface area contributed by atoms with E-state index in [0.717, 1.165) is 4.57 Å². The highest BCUT2D eigenvalue weighted by molar-refractivity contribution is 5.85. The van der Waals surface area contributed by atoms with Crippen molar-refractivity contribution in [1.82, 2.24) is 20.2 Å². The number of halogens is 4. The molecule has 1 amide bonds. The summed E-state index contributed by atoms with van der Waals surface area (Å²) in [6.45, 7) is 0.738. The summed E-state index contributed by atoms with van der Waals surface area (Å²) in [5.41, 5.74) is 0.835. The van der Waals surface area contributed by atoms with Crippen molar-refractivity contribution >= 4 is 41.8 Å². The molecule has 2 aromatic rings. The Morgan fingerprint density at radius 3 is 2.81 bits per heavy atom. The van der Waals surface area contributed by atoms with Crippen molar-refractivity contribution in [2.24, 2.45) is 0 Å². The van der Waals surface area contributed by atoms with E-state index in [1.165, 1.54) is 0 Å². The van der Waals surface area contributed by atoms with Crippen LogP contribution in [0.4, 0.5) is 8.78 Å². The minimum Gasteiger partial charge on any atom is -0.378 e. The van der Waals surface area contributed by atoms with Crippen LogP contribution >= 0.6 is 24.8 Å². The Morgan fingerprint density at radius 1 is 1.42 bits per heavy atom. The van der Waals surface area contributed by atoms with Gasteiger partial charge in [-0.2, -0.15) is 8.78 Å². The van der Waals surface area contributed by atoms with Gasteiger partial charge in [0.1, 0.15) is 5.82 Å². The number of nitrogens with one attached hydrogen (secondary N) is 2. The summed E-state index contributed by atoms with van der Waals surface area (Å²) in [6, 6.07) is 6.02. The second-order valence-corrected chi connectivity index (χ2v) is 5.83. The molecule has 1 fully saturated rings. The van der Waals surface area contributed by atoms with E-state index in [1.807, 2.05) is 0 Å². The molecule has 1 saturated heterocycles. The number of fused-ring (bicyclic) bond motifs is 1. The van der Waals surface area contributed by atoms with Crippen molar-refractivity contribution in [3.8, 4) is 0 Å². The summed E-state index contributed by atoms with van der Waals surface area (Å²) >= 11 is 0. The predicted octanol–water partition coefficient (Wildman–Crippen LogP) is 2.83. The van der Waals surface area contributed by atoms with Crippen LogP contribution in [0.3, 0.4) is 0 Å². The van der Waals surface area contributed by atoms with E-state index in [-0.39, 0.29) is 49.0 Å². The fraction of sp³-hybridized carbons (Fsp3) is 0.500. The van der Waals surface area contributed by atoms with Gasteiger partial charge in [-0.05, 0) is 19.1 Å². The second-order valence-electron chi connectivity index (χ2n) is 5.83. The Balaban J connectivity index is 0.00000169. The molecular weight excluding hydrogens is 389 g/mol. The summed E-state index contributed by atoms with van der Waals surface area (Å²) < 4.78 is 33.1. The largest absolute Gasteiger partial charge is 0.378 e. The smallest absolute Gasteiger partial charge is 0.320 e. The van der Waals surface area contributed by atoms with Crippen LogP contribution in [0.2, 0.25) is 0 Å². The molecule has 0 saturated carbocycles. The molecule has 0 radical (unpaired) electrons. The zero-order valence-electron chi connectivity index (χ0n) is 14.2. The maximum absolute atomic E-state index is 13.4. The Kier molecular flexibility index (Phi) is 8.69. The average molecular weight is 411 g/mol. The highest BCUT2D eigenvalue weighted by Gasteiger charge is 2.24. The van der Waals surface area contributed by atoms with E-state index >= 15 is 0 Å². The normalized spacial score (nSPS) is 18.1. The molecule has 1 aliphatic rings. The maximum Gasteiger partial charge on any atom is 0.320 e. The van der Waals surface area contributed by atoms with Gasteiger partial charge in [0.25, 0.3) is 0 Å². The average Bonchev–Trinajstić information content (AvgIpc) is 2.95. The van der Waals surface area contributed by atoms with Gasteiger partial charge in [0.15, 0.2) is 0 Å². The lowest BCUT2D eigenvalue weighted by molar-refractivity contribution is -0.123. The highest BCUT2D eigenvalue weighted by atomic mass is 35.5. The number of alkyl halides is 2. The van der Waals surface area contributed by atoms with Crippen molar-refractivity contribution in [1.29, 1.82) is 0 Å². The van der Waals surface area contributed by atoms with Crippen LogP contribution in [0.15, 0.2) is 24.3 Å². The minimum absolute atomic E-state index is 0. The summed E-state index contributed by atoms with van der Waals surface area (Å²) in [7, 11) is 0. The van der Waals surface area contributed by atoms with Gasteiger partial charge in [-0.3, -0.25) is 9.36 Å². The third-order valence-electron chi connectivity index (χ3n) is 4.01. The molecule has 2 unspecified atom stereocenters. The number of carbonyl (C=O) groups is 1. The van der Waals surface area contributed by atoms with E-state index in [9.17, 15) is 13.6 Å². The van der Waals surface area contributed by atoms with Crippen molar-refractivity contribution in [2.45, 2.75) is 32.0 Å². The van der Waals surface area contributed by atoms with Crippen molar-refractivity contribution < 1.29 is 18.3 Å². The lowest BCUT2D eigenvalue weighted by Crippen LogP contribution is -2.44. The summed E-state index contributed by atoms with van der Waals surface area (Å²) in [5, 5.41) is 5.94. The number of amides is 1. The number of carbonyl (C=O) groups excluding carboxylic acids is 1. The summed E-state index contributed by atoms with van der Waals surface area (Å²) in [4.78, 5) is 16.4. The molecule has 2 heterocycles. The van der Waals surface area contributed by atoms with Gasteiger partial charge in [0, 0.05) is 19.0 Å². The number of rotatable bonds is 5. The van der Waals surface area contributed by atoms with Crippen LogP contribution in [-0.4, -0.2) is 41.3 Å². The number of imidazole rings is 1. The van der Waals surface area contributed by atoms with Crippen LogP contribution in [0, 0.1) is 0 Å². The minimum atomic E-state index is -2.72. The lowest BCUT2D eigenvalue weighted by Gasteiger charge is -2.24. The van der Waals surface area contributed by atoms with E-state index < -0.39 is 12.6 Å². The Morgan fingerprint density at radius 2 is 2.15 bits per heavy atom. The SMILES string of the molecule is CC(NC(=O)CC1COCCN1)c1nc2ccccc2n1C(F)F.Cl.Cl. The first-order valence-corrected chi connectivity index (χ1v) is 7.91. The third kappa shape index (κ3) is 5.03. The molecule has 0 spiro atoms. The lowest BCUT2D eigenvalue weighted by atomic mass is 10.2. The summed E-state index contributed by atoms with van der Waals surface area (Å²) in [5.74, 6) is -0.0780. The van der Waals surface area contributed by atoms with Crippen LogP contribution in [0.5, 0.6) is 0 Å². The first kappa shape index (κ1) is 22.6. The zero-order chi connectivity index (χ0) is 17.1. The van der Waals surface area contributed by atoms with Crippen LogP contribution in [0.25, 0.3) is 11.0 Å². The number of hydrogen-bond acceptors (Lipinski definition) is 4. The summed E-state index contributed by atoms with van der Waals surface area (Å²) in [6.07, 6.45) is 0.235. The number of nitrogens with zero attached hydrogens (tertiary/aromatic N) is 2. The van der Waals surface area contributed by atoms with Gasteiger partial charge >= 0.3 is 6.55 Å². The number of para-hydroxylation sites is 2. The van der Waals surface area contributed by atoms with Gasteiger partial charge in [-0.1, -0.05) is 12.1 Å². The molecule has 1 aliphatic heterocycles. The quantitative estimate of drug-likeness (QED) is 0.794. The van der Waals surface area contributed by atoms with Gasteiger partial charge in [-0.25, -0.2) is 4.98 Å². The second kappa shape index (κ2) is 10.0. The number of hydrogen-bond donors (Lipinski definition) is 2. The molecular formula is C16H22Cl2F2N4O2. The fourth-order valence-corrected chi connectivity index (χ4v) is 2.91. The Labute approximate surface area is 162 Å². The third-order valence-corrected chi connectivity index (χ3v) is 4.01. The molecule has 2 N–H and O–H groups in total. The van der Waals surface area contributed by atoms with E-state index in [0.29, 0.717) is 30.8 Å². The van der Waals surface area contributed by atoms with Gasteiger partial charge in [-0.15, -0.1) is 24.8 Å². The topological polar surface area (TPSA) is 68.2 Å². The first-order valence-electron chi connectivity index (χ1n) is 7.91. The van der Waals surface area contributed by atoms with Gasteiger partial charge < -0.3 is 15.4 Å². The van der Waals surface area contributed by atoms with E-state index in [4.69, 9.17) is 4.74 Å².